The van der Waals surface area contributed by atoms with Crippen LogP contribution in [0.25, 0.3) is 0 Å². The predicted molar refractivity (Wildman–Crippen MR) is 85.9 cm³/mol. The van der Waals surface area contributed by atoms with Crippen molar-refractivity contribution in [1.82, 2.24) is 9.62 Å². The third kappa shape index (κ3) is 4.35. The molecule has 3 atom stereocenters. The Morgan fingerprint density at radius 1 is 1.48 bits per heavy atom. The molecule has 2 aliphatic rings. The molecule has 1 saturated carbocycles. The fraction of sp³-hybridized carbons (Fsp3) is 0.688. The Hall–Kier alpha value is -1.34. The van der Waals surface area contributed by atoms with Crippen LogP contribution in [0.15, 0.2) is 22.8 Å². The highest BCUT2D eigenvalue weighted by atomic mass is 32.2. The van der Waals surface area contributed by atoms with Gasteiger partial charge in [-0.25, -0.2) is 13.1 Å². The molecule has 3 rings (SSSR count). The molecule has 0 bridgehead atoms. The Morgan fingerprint density at radius 3 is 2.91 bits per heavy atom. The van der Waals surface area contributed by atoms with Gasteiger partial charge in [-0.3, -0.25) is 4.79 Å². The molecular formula is C16H24N2O4S. The second-order valence-corrected chi connectivity index (χ2v) is 8.65. The van der Waals surface area contributed by atoms with Gasteiger partial charge < -0.3 is 9.32 Å². The zero-order valence-corrected chi connectivity index (χ0v) is 14.2. The maximum absolute atomic E-state index is 12.3. The van der Waals surface area contributed by atoms with E-state index in [1.807, 2.05) is 4.90 Å². The average molecular weight is 340 g/mol. The number of hydrogen-bond donors (Lipinski definition) is 1. The number of likely N-dealkylation sites (tertiary alicyclic amines) is 1. The highest BCUT2D eigenvalue weighted by Crippen LogP contribution is 2.39. The van der Waals surface area contributed by atoms with Crippen LogP contribution >= 0.6 is 0 Å². The van der Waals surface area contributed by atoms with Crippen molar-refractivity contribution in [2.45, 2.75) is 32.7 Å². The second-order valence-electron chi connectivity index (χ2n) is 6.79. The number of amides is 1. The predicted octanol–water partition coefficient (Wildman–Crippen LogP) is 1.59. The van der Waals surface area contributed by atoms with Gasteiger partial charge in [-0.05, 0) is 43.2 Å². The first-order valence-electron chi connectivity index (χ1n) is 8.23. The third-order valence-corrected chi connectivity index (χ3v) is 6.25. The van der Waals surface area contributed by atoms with Gasteiger partial charge in [0.2, 0.25) is 15.9 Å². The molecule has 2 heterocycles. The summed E-state index contributed by atoms with van der Waals surface area (Å²) in [6.07, 6.45) is 4.23. The van der Waals surface area contributed by atoms with Crippen LogP contribution in [0.2, 0.25) is 0 Å². The number of nitrogens with zero attached hydrogens (tertiary/aromatic N) is 1. The first-order valence-corrected chi connectivity index (χ1v) is 9.88. The molecule has 1 amide bonds. The van der Waals surface area contributed by atoms with Crippen molar-refractivity contribution >= 4 is 15.9 Å². The lowest BCUT2D eigenvalue weighted by Gasteiger charge is -2.32. The van der Waals surface area contributed by atoms with Gasteiger partial charge in [0.15, 0.2) is 0 Å². The molecule has 0 radical (unpaired) electrons. The highest BCUT2D eigenvalue weighted by molar-refractivity contribution is 7.89. The quantitative estimate of drug-likeness (QED) is 0.853. The van der Waals surface area contributed by atoms with E-state index in [1.54, 1.807) is 12.1 Å². The molecule has 1 aliphatic carbocycles. The monoisotopic (exact) mass is 340 g/mol. The van der Waals surface area contributed by atoms with Crippen molar-refractivity contribution in [2.24, 2.45) is 17.8 Å². The first kappa shape index (κ1) is 16.5. The van der Waals surface area contributed by atoms with Gasteiger partial charge >= 0.3 is 0 Å². The molecule has 7 heteroatoms. The van der Waals surface area contributed by atoms with E-state index in [4.69, 9.17) is 4.42 Å². The fourth-order valence-electron chi connectivity index (χ4n) is 3.27. The Balaban J connectivity index is 1.51. The third-order valence-electron chi connectivity index (χ3n) is 4.76. The van der Waals surface area contributed by atoms with Crippen LogP contribution in [0.4, 0.5) is 0 Å². The number of carbonyl (C=O) groups is 1. The SMILES string of the molecule is C[C@@H]1C[C@@H]1C(=O)N1CCC[C@@H](CS(=O)(=O)NCc2ccco2)C1. The van der Waals surface area contributed by atoms with E-state index >= 15 is 0 Å². The van der Waals surface area contributed by atoms with Crippen molar-refractivity contribution in [2.75, 3.05) is 18.8 Å². The van der Waals surface area contributed by atoms with E-state index in [0.29, 0.717) is 18.2 Å². The minimum atomic E-state index is -3.37. The molecule has 1 aromatic heterocycles. The van der Waals surface area contributed by atoms with E-state index in [9.17, 15) is 13.2 Å². The molecular weight excluding hydrogens is 316 g/mol. The molecule has 2 fully saturated rings. The van der Waals surface area contributed by atoms with Crippen LogP contribution in [0, 0.1) is 17.8 Å². The molecule has 6 nitrogen and oxygen atoms in total. The summed E-state index contributed by atoms with van der Waals surface area (Å²) >= 11 is 0. The van der Waals surface area contributed by atoms with Gasteiger partial charge in [-0.2, -0.15) is 0 Å². The van der Waals surface area contributed by atoms with Gasteiger partial charge in [0.1, 0.15) is 5.76 Å². The fourth-order valence-corrected chi connectivity index (χ4v) is 4.64. The molecule has 1 saturated heterocycles. The summed E-state index contributed by atoms with van der Waals surface area (Å²) in [5.74, 6) is 1.54. The van der Waals surface area contributed by atoms with Crippen LogP contribution in [0.3, 0.4) is 0 Å². The van der Waals surface area contributed by atoms with Crippen molar-refractivity contribution in [3.05, 3.63) is 24.2 Å². The molecule has 0 spiro atoms. The van der Waals surface area contributed by atoms with Crippen molar-refractivity contribution in [1.29, 1.82) is 0 Å². The van der Waals surface area contributed by atoms with Gasteiger partial charge in [-0.15, -0.1) is 0 Å². The summed E-state index contributed by atoms with van der Waals surface area (Å²) in [4.78, 5) is 14.2. The topological polar surface area (TPSA) is 79.6 Å². The summed E-state index contributed by atoms with van der Waals surface area (Å²) < 4.78 is 32.1. The van der Waals surface area contributed by atoms with E-state index in [0.717, 1.165) is 25.8 Å². The molecule has 23 heavy (non-hydrogen) atoms. The smallest absolute Gasteiger partial charge is 0.225 e. The molecule has 0 unspecified atom stereocenters. The molecule has 1 N–H and O–H groups in total. The van der Waals surface area contributed by atoms with Crippen molar-refractivity contribution in [3.63, 3.8) is 0 Å². The first-order chi connectivity index (χ1) is 10.9. The lowest BCUT2D eigenvalue weighted by Crippen LogP contribution is -2.44. The highest BCUT2D eigenvalue weighted by Gasteiger charge is 2.42. The normalized spacial score (nSPS) is 27.9. The van der Waals surface area contributed by atoms with Gasteiger partial charge in [0.25, 0.3) is 0 Å². The number of hydrogen-bond acceptors (Lipinski definition) is 4. The Kier molecular flexibility index (Phi) is 4.77. The number of rotatable bonds is 6. The van der Waals surface area contributed by atoms with E-state index in [2.05, 4.69) is 11.6 Å². The van der Waals surface area contributed by atoms with Crippen LogP contribution in [0.1, 0.15) is 31.9 Å². The maximum atomic E-state index is 12.3. The van der Waals surface area contributed by atoms with E-state index in [-0.39, 0.29) is 30.0 Å². The maximum Gasteiger partial charge on any atom is 0.225 e. The summed E-state index contributed by atoms with van der Waals surface area (Å²) in [5, 5.41) is 0. The van der Waals surface area contributed by atoms with E-state index < -0.39 is 10.0 Å². The van der Waals surface area contributed by atoms with Crippen LogP contribution in [-0.2, 0) is 21.4 Å². The average Bonchev–Trinajstić information content (AvgIpc) is 3.01. The van der Waals surface area contributed by atoms with Gasteiger partial charge in [0, 0.05) is 19.0 Å². The van der Waals surface area contributed by atoms with Gasteiger partial charge in [-0.1, -0.05) is 6.92 Å². The molecule has 1 aliphatic heterocycles. The number of furan rings is 1. The summed E-state index contributed by atoms with van der Waals surface area (Å²) in [5.41, 5.74) is 0. The minimum absolute atomic E-state index is 0.0101. The zero-order chi connectivity index (χ0) is 16.4. The standard InChI is InChI=1S/C16H24N2O4S/c1-12-8-15(12)16(19)18-6-2-4-13(10-18)11-23(20,21)17-9-14-5-3-7-22-14/h3,5,7,12-13,15,17H,2,4,6,8-11H2,1H3/t12-,13-,15+/m1/s1. The van der Waals surface area contributed by atoms with Gasteiger partial charge in [0.05, 0.1) is 18.6 Å². The summed E-state index contributed by atoms with van der Waals surface area (Å²) in [6, 6.07) is 3.47. The molecule has 128 valence electrons. The lowest BCUT2D eigenvalue weighted by atomic mass is 9.99. The Bertz CT molecular complexity index is 641. The zero-order valence-electron chi connectivity index (χ0n) is 13.4. The van der Waals surface area contributed by atoms with E-state index in [1.165, 1.54) is 6.26 Å². The Morgan fingerprint density at radius 2 is 2.26 bits per heavy atom. The van der Waals surface area contributed by atoms with Crippen molar-refractivity contribution < 1.29 is 17.6 Å². The molecule has 1 aromatic rings. The second kappa shape index (κ2) is 6.65. The summed E-state index contributed by atoms with van der Waals surface area (Å²) in [6.45, 7) is 3.58. The van der Waals surface area contributed by atoms with Crippen LogP contribution in [-0.4, -0.2) is 38.1 Å². The van der Waals surface area contributed by atoms with Crippen LogP contribution in [0.5, 0.6) is 0 Å². The summed E-state index contributed by atoms with van der Waals surface area (Å²) in [7, 11) is -3.37. The molecule has 0 aromatic carbocycles. The van der Waals surface area contributed by atoms with Crippen molar-refractivity contribution in [3.8, 4) is 0 Å². The largest absolute Gasteiger partial charge is 0.468 e. The lowest BCUT2D eigenvalue weighted by molar-refractivity contribution is -0.134. The number of nitrogens with one attached hydrogen (secondary N) is 1. The number of sulfonamides is 1. The Labute approximate surface area is 137 Å². The van der Waals surface area contributed by atoms with Crippen LogP contribution < -0.4 is 4.72 Å². The number of piperidine rings is 1. The number of carbonyl (C=O) groups excluding carboxylic acids is 1. The minimum Gasteiger partial charge on any atom is -0.468 e.